The van der Waals surface area contributed by atoms with E-state index in [1.54, 1.807) is 10.9 Å². The molecule has 0 aliphatic carbocycles. The maximum Gasteiger partial charge on any atom is 0.134 e. The first-order chi connectivity index (χ1) is 10.1. The van der Waals surface area contributed by atoms with Crippen LogP contribution in [0.25, 0.3) is 0 Å². The Hall–Kier alpha value is -1.83. The van der Waals surface area contributed by atoms with Crippen molar-refractivity contribution in [2.24, 2.45) is 0 Å². The molecule has 4 nitrogen and oxygen atoms in total. The van der Waals surface area contributed by atoms with Crippen molar-refractivity contribution >= 4 is 11.6 Å². The first-order valence-corrected chi connectivity index (χ1v) is 7.40. The number of nitrogens with zero attached hydrogens (tertiary/aromatic N) is 3. The van der Waals surface area contributed by atoms with Gasteiger partial charge < -0.3 is 0 Å². The second-order valence-corrected chi connectivity index (χ2v) is 5.40. The monoisotopic (exact) mass is 302 g/mol. The van der Waals surface area contributed by atoms with Crippen molar-refractivity contribution in [3.63, 3.8) is 0 Å². The summed E-state index contributed by atoms with van der Waals surface area (Å²) < 4.78 is 1.80. The smallest absolute Gasteiger partial charge is 0.134 e. The topological polar surface area (TPSA) is 53.6 Å². The standard InChI is InChI=1S/C16H19ClN4/c1-3-19-16(12-18,14-7-5-4-6-8-14)9-10-21-11-15(17)13(2)20-21/h4-8,11,19H,3,9-10H2,1-2H3. The molecule has 0 saturated carbocycles. The maximum absolute atomic E-state index is 9.73. The molecule has 0 amide bonds. The number of aryl methyl sites for hydroxylation is 2. The highest BCUT2D eigenvalue weighted by Gasteiger charge is 2.31. The Bertz CT molecular complexity index is 610. The molecule has 1 unspecified atom stereocenters. The van der Waals surface area contributed by atoms with Gasteiger partial charge in [-0.1, -0.05) is 48.9 Å². The molecule has 0 radical (unpaired) electrons. The van der Waals surface area contributed by atoms with Gasteiger partial charge in [-0.25, -0.2) is 0 Å². The van der Waals surface area contributed by atoms with E-state index in [0.717, 1.165) is 17.8 Å². The summed E-state index contributed by atoms with van der Waals surface area (Å²) >= 11 is 6.03. The van der Waals surface area contributed by atoms with Crippen molar-refractivity contribution in [1.82, 2.24) is 15.1 Å². The Labute approximate surface area is 130 Å². The van der Waals surface area contributed by atoms with Gasteiger partial charge in [0.25, 0.3) is 0 Å². The zero-order valence-corrected chi connectivity index (χ0v) is 13.1. The van der Waals surface area contributed by atoms with Gasteiger partial charge in [0.15, 0.2) is 0 Å². The number of benzene rings is 1. The number of nitrogens with one attached hydrogen (secondary N) is 1. The van der Waals surface area contributed by atoms with Crippen LogP contribution in [-0.4, -0.2) is 16.3 Å². The number of halogens is 1. The lowest BCUT2D eigenvalue weighted by Crippen LogP contribution is -2.42. The molecular weight excluding hydrogens is 284 g/mol. The molecular formula is C16H19ClN4. The van der Waals surface area contributed by atoms with Crippen LogP contribution in [0.3, 0.4) is 0 Å². The highest BCUT2D eigenvalue weighted by Crippen LogP contribution is 2.25. The van der Waals surface area contributed by atoms with E-state index in [2.05, 4.69) is 16.5 Å². The van der Waals surface area contributed by atoms with E-state index >= 15 is 0 Å². The Balaban J connectivity index is 2.23. The average molecular weight is 303 g/mol. The zero-order valence-electron chi connectivity index (χ0n) is 12.3. The van der Waals surface area contributed by atoms with Gasteiger partial charge in [-0.2, -0.15) is 10.4 Å². The molecule has 1 heterocycles. The second-order valence-electron chi connectivity index (χ2n) is 4.99. The molecule has 1 aromatic carbocycles. The van der Waals surface area contributed by atoms with Gasteiger partial charge in [-0.3, -0.25) is 10.00 Å². The van der Waals surface area contributed by atoms with E-state index in [1.165, 1.54) is 0 Å². The molecule has 0 aliphatic rings. The van der Waals surface area contributed by atoms with Gasteiger partial charge in [0.05, 0.1) is 16.8 Å². The van der Waals surface area contributed by atoms with E-state index < -0.39 is 5.54 Å². The molecule has 2 rings (SSSR count). The lowest BCUT2D eigenvalue weighted by Gasteiger charge is -2.28. The van der Waals surface area contributed by atoms with Crippen molar-refractivity contribution in [2.75, 3.05) is 6.54 Å². The van der Waals surface area contributed by atoms with Crippen molar-refractivity contribution in [3.05, 3.63) is 52.8 Å². The molecule has 0 aliphatic heterocycles. The number of rotatable bonds is 6. The predicted octanol–water partition coefficient (Wildman–Crippen LogP) is 3.26. The Kier molecular flexibility index (Phi) is 5.00. The summed E-state index contributed by atoms with van der Waals surface area (Å²) in [6.07, 6.45) is 2.43. The largest absolute Gasteiger partial charge is 0.296 e. The third kappa shape index (κ3) is 3.44. The number of aromatic nitrogens is 2. The lowest BCUT2D eigenvalue weighted by atomic mass is 9.88. The van der Waals surface area contributed by atoms with Gasteiger partial charge in [0.2, 0.25) is 0 Å². The van der Waals surface area contributed by atoms with Crippen LogP contribution < -0.4 is 5.32 Å². The van der Waals surface area contributed by atoms with Crippen molar-refractivity contribution in [3.8, 4) is 6.07 Å². The van der Waals surface area contributed by atoms with E-state index in [1.807, 2.05) is 44.2 Å². The number of nitriles is 1. The summed E-state index contributed by atoms with van der Waals surface area (Å²) in [4.78, 5) is 0. The minimum Gasteiger partial charge on any atom is -0.296 e. The fourth-order valence-corrected chi connectivity index (χ4v) is 2.56. The quantitative estimate of drug-likeness (QED) is 0.891. The van der Waals surface area contributed by atoms with E-state index in [4.69, 9.17) is 11.6 Å². The van der Waals surface area contributed by atoms with E-state index in [-0.39, 0.29) is 0 Å². The van der Waals surface area contributed by atoms with Gasteiger partial charge in [-0.15, -0.1) is 0 Å². The molecule has 0 bridgehead atoms. The van der Waals surface area contributed by atoms with Gasteiger partial charge in [0, 0.05) is 19.2 Å². The summed E-state index contributed by atoms with van der Waals surface area (Å²) in [5.41, 5.74) is 1.08. The van der Waals surface area contributed by atoms with Crippen molar-refractivity contribution in [1.29, 1.82) is 5.26 Å². The molecule has 110 valence electrons. The number of hydrogen-bond donors (Lipinski definition) is 1. The van der Waals surface area contributed by atoms with Crippen LogP contribution in [0.15, 0.2) is 36.5 Å². The fourth-order valence-electron chi connectivity index (χ4n) is 2.41. The van der Waals surface area contributed by atoms with Gasteiger partial charge in [0.1, 0.15) is 5.54 Å². The molecule has 0 spiro atoms. The maximum atomic E-state index is 9.73. The Morgan fingerprint density at radius 2 is 2.10 bits per heavy atom. The molecule has 0 saturated heterocycles. The third-order valence-corrected chi connectivity index (χ3v) is 3.91. The third-order valence-electron chi connectivity index (χ3n) is 3.54. The number of hydrogen-bond acceptors (Lipinski definition) is 3. The SMILES string of the molecule is CCNC(C#N)(CCn1cc(Cl)c(C)n1)c1ccccc1. The highest BCUT2D eigenvalue weighted by molar-refractivity contribution is 6.31. The Morgan fingerprint density at radius 1 is 1.38 bits per heavy atom. The molecule has 1 N–H and O–H groups in total. The molecule has 21 heavy (non-hydrogen) atoms. The van der Waals surface area contributed by atoms with Crippen molar-refractivity contribution in [2.45, 2.75) is 32.4 Å². The zero-order chi connectivity index (χ0) is 15.3. The normalized spacial score (nSPS) is 13.6. The van der Waals surface area contributed by atoms with Crippen LogP contribution in [0.2, 0.25) is 5.02 Å². The summed E-state index contributed by atoms with van der Waals surface area (Å²) in [6, 6.07) is 12.3. The molecule has 1 atom stereocenters. The first-order valence-electron chi connectivity index (χ1n) is 7.02. The van der Waals surface area contributed by atoms with Crippen LogP contribution in [0.4, 0.5) is 0 Å². The fraction of sp³-hybridized carbons (Fsp3) is 0.375. The van der Waals surface area contributed by atoms with E-state index in [0.29, 0.717) is 18.0 Å². The second kappa shape index (κ2) is 6.75. The van der Waals surface area contributed by atoms with Crippen LogP contribution in [-0.2, 0) is 12.1 Å². The summed E-state index contributed by atoms with van der Waals surface area (Å²) in [7, 11) is 0. The summed E-state index contributed by atoms with van der Waals surface area (Å²) in [6.45, 7) is 5.23. The minimum atomic E-state index is -0.706. The average Bonchev–Trinajstić information content (AvgIpc) is 2.83. The van der Waals surface area contributed by atoms with Crippen molar-refractivity contribution < 1.29 is 0 Å². The van der Waals surface area contributed by atoms with Crippen LogP contribution in [0, 0.1) is 18.3 Å². The van der Waals surface area contributed by atoms with Gasteiger partial charge >= 0.3 is 0 Å². The molecule has 0 fully saturated rings. The Morgan fingerprint density at radius 3 is 2.62 bits per heavy atom. The predicted molar refractivity (Wildman–Crippen MR) is 84.0 cm³/mol. The lowest BCUT2D eigenvalue weighted by molar-refractivity contribution is 0.371. The van der Waals surface area contributed by atoms with Crippen LogP contribution in [0.5, 0.6) is 0 Å². The minimum absolute atomic E-state index is 0.624. The van der Waals surface area contributed by atoms with Crippen LogP contribution in [0.1, 0.15) is 24.6 Å². The summed E-state index contributed by atoms with van der Waals surface area (Å²) in [5, 5.41) is 18.1. The van der Waals surface area contributed by atoms with Crippen LogP contribution >= 0.6 is 11.6 Å². The van der Waals surface area contributed by atoms with Gasteiger partial charge in [-0.05, 0) is 19.0 Å². The molecule has 5 heteroatoms. The van der Waals surface area contributed by atoms with E-state index in [9.17, 15) is 5.26 Å². The first kappa shape index (κ1) is 15.6. The molecule has 2 aromatic rings. The summed E-state index contributed by atoms with van der Waals surface area (Å²) in [5.74, 6) is 0. The molecule has 1 aromatic heterocycles. The highest BCUT2D eigenvalue weighted by atomic mass is 35.5.